The standard InChI is InChI=1S/C10H5F3N2OS/c11-10(12,13)8-3-6(1-2-14-8)9-15-4-7(5-16)17-9/h1-5H. The number of aromatic nitrogens is 2. The third-order valence-electron chi connectivity index (χ3n) is 1.94. The fourth-order valence-electron chi connectivity index (χ4n) is 1.19. The van der Waals surface area contributed by atoms with Gasteiger partial charge >= 0.3 is 6.18 Å². The largest absolute Gasteiger partial charge is 0.433 e. The zero-order chi connectivity index (χ0) is 12.5. The second kappa shape index (κ2) is 4.25. The van der Waals surface area contributed by atoms with Crippen molar-refractivity contribution in [1.29, 1.82) is 0 Å². The minimum atomic E-state index is -4.49. The van der Waals surface area contributed by atoms with Crippen LogP contribution in [0.1, 0.15) is 15.4 Å². The van der Waals surface area contributed by atoms with E-state index in [0.717, 1.165) is 23.6 Å². The van der Waals surface area contributed by atoms with Gasteiger partial charge in [0.25, 0.3) is 0 Å². The van der Waals surface area contributed by atoms with Gasteiger partial charge in [0, 0.05) is 18.0 Å². The highest BCUT2D eigenvalue weighted by Crippen LogP contribution is 2.31. The van der Waals surface area contributed by atoms with Crippen LogP contribution in [0.5, 0.6) is 0 Å². The Balaban J connectivity index is 2.42. The van der Waals surface area contributed by atoms with Crippen molar-refractivity contribution >= 4 is 17.6 Å². The first-order valence-corrected chi connectivity index (χ1v) is 5.27. The Kier molecular flexibility index (Phi) is 2.93. The third-order valence-corrected chi connectivity index (χ3v) is 2.91. The lowest BCUT2D eigenvalue weighted by Gasteiger charge is -2.05. The zero-order valence-corrected chi connectivity index (χ0v) is 9.05. The van der Waals surface area contributed by atoms with E-state index in [1.807, 2.05) is 0 Å². The lowest BCUT2D eigenvalue weighted by atomic mass is 10.2. The molecule has 0 aromatic carbocycles. The molecule has 0 spiro atoms. The van der Waals surface area contributed by atoms with E-state index in [1.165, 1.54) is 12.3 Å². The van der Waals surface area contributed by atoms with Crippen LogP contribution in [0.25, 0.3) is 10.6 Å². The molecule has 0 atom stereocenters. The van der Waals surface area contributed by atoms with E-state index in [1.54, 1.807) is 0 Å². The van der Waals surface area contributed by atoms with Gasteiger partial charge in [0.1, 0.15) is 10.7 Å². The predicted molar refractivity (Wildman–Crippen MR) is 55.7 cm³/mol. The second-order valence-corrected chi connectivity index (χ2v) is 4.18. The smallest absolute Gasteiger partial charge is 0.297 e. The summed E-state index contributed by atoms with van der Waals surface area (Å²) in [6.07, 6.45) is -1.49. The van der Waals surface area contributed by atoms with Crippen LogP contribution in [-0.4, -0.2) is 16.3 Å². The highest BCUT2D eigenvalue weighted by molar-refractivity contribution is 7.16. The molecule has 0 amide bonds. The minimum Gasteiger partial charge on any atom is -0.297 e. The van der Waals surface area contributed by atoms with Crippen LogP contribution in [-0.2, 0) is 6.18 Å². The monoisotopic (exact) mass is 258 g/mol. The molecule has 0 aliphatic rings. The van der Waals surface area contributed by atoms with Crippen LogP contribution in [0.2, 0.25) is 0 Å². The number of carbonyl (C=O) groups is 1. The van der Waals surface area contributed by atoms with E-state index < -0.39 is 11.9 Å². The summed E-state index contributed by atoms with van der Waals surface area (Å²) in [5, 5.41) is 0.361. The Labute approximate surface area is 98.0 Å². The van der Waals surface area contributed by atoms with Gasteiger partial charge in [-0.3, -0.25) is 9.78 Å². The number of hydrogen-bond acceptors (Lipinski definition) is 4. The maximum atomic E-state index is 12.4. The molecule has 0 radical (unpaired) electrons. The SMILES string of the molecule is O=Cc1cnc(-c2ccnc(C(F)(F)F)c2)s1. The van der Waals surface area contributed by atoms with Crippen molar-refractivity contribution < 1.29 is 18.0 Å². The van der Waals surface area contributed by atoms with Gasteiger partial charge in [-0.2, -0.15) is 13.2 Å². The highest BCUT2D eigenvalue weighted by Gasteiger charge is 2.32. The van der Waals surface area contributed by atoms with Crippen molar-refractivity contribution in [3.63, 3.8) is 0 Å². The van der Waals surface area contributed by atoms with Crippen molar-refractivity contribution in [3.8, 4) is 10.6 Å². The Morgan fingerprint density at radius 3 is 2.65 bits per heavy atom. The second-order valence-electron chi connectivity index (χ2n) is 3.11. The topological polar surface area (TPSA) is 42.9 Å². The summed E-state index contributed by atoms with van der Waals surface area (Å²) >= 11 is 1.03. The molecule has 7 heteroatoms. The van der Waals surface area contributed by atoms with E-state index in [9.17, 15) is 18.0 Å². The van der Waals surface area contributed by atoms with Gasteiger partial charge in [0.15, 0.2) is 6.29 Å². The molecule has 2 rings (SSSR count). The molecule has 17 heavy (non-hydrogen) atoms. The first-order chi connectivity index (χ1) is 8.00. The molecule has 0 saturated carbocycles. The first kappa shape index (κ1) is 11.7. The summed E-state index contributed by atoms with van der Waals surface area (Å²) in [6.45, 7) is 0. The zero-order valence-electron chi connectivity index (χ0n) is 8.23. The molecule has 0 aliphatic heterocycles. The number of rotatable bonds is 2. The number of hydrogen-bond donors (Lipinski definition) is 0. The number of thiazole rings is 1. The number of halogens is 3. The van der Waals surface area contributed by atoms with Crippen LogP contribution in [0.4, 0.5) is 13.2 Å². The van der Waals surface area contributed by atoms with Gasteiger partial charge in [0.05, 0.1) is 4.88 Å². The molecule has 0 aliphatic carbocycles. The molecule has 0 unspecified atom stereocenters. The predicted octanol–water partition coefficient (Wildman–Crippen LogP) is 3.04. The maximum Gasteiger partial charge on any atom is 0.433 e. The number of pyridine rings is 1. The van der Waals surface area contributed by atoms with Crippen molar-refractivity contribution in [2.45, 2.75) is 6.18 Å². The fraction of sp³-hybridized carbons (Fsp3) is 0.100. The molecule has 2 aromatic rings. The minimum absolute atomic E-state index is 0.297. The molecule has 2 aromatic heterocycles. The lowest BCUT2D eigenvalue weighted by molar-refractivity contribution is -0.141. The maximum absolute atomic E-state index is 12.4. The molecule has 0 N–H and O–H groups in total. The van der Waals surface area contributed by atoms with Crippen LogP contribution in [0.15, 0.2) is 24.5 Å². The summed E-state index contributed by atoms with van der Waals surface area (Å²) < 4.78 is 37.3. The number of alkyl halides is 3. The van der Waals surface area contributed by atoms with E-state index in [2.05, 4.69) is 9.97 Å². The van der Waals surface area contributed by atoms with Crippen molar-refractivity contribution in [2.24, 2.45) is 0 Å². The third kappa shape index (κ3) is 2.50. The molecular weight excluding hydrogens is 253 g/mol. The van der Waals surface area contributed by atoms with Crippen molar-refractivity contribution in [2.75, 3.05) is 0 Å². The van der Waals surface area contributed by atoms with Crippen LogP contribution < -0.4 is 0 Å². The number of carbonyl (C=O) groups excluding carboxylic acids is 1. The molecule has 0 bridgehead atoms. The van der Waals surface area contributed by atoms with Gasteiger partial charge in [-0.25, -0.2) is 4.98 Å². The summed E-state index contributed by atoms with van der Waals surface area (Å²) in [5.41, 5.74) is -0.678. The van der Waals surface area contributed by atoms with E-state index in [-0.39, 0.29) is 0 Å². The van der Waals surface area contributed by atoms with Gasteiger partial charge in [-0.1, -0.05) is 0 Å². The quantitative estimate of drug-likeness (QED) is 0.777. The number of aldehydes is 1. The molecular formula is C10H5F3N2OS. The van der Waals surface area contributed by atoms with E-state index in [4.69, 9.17) is 0 Å². The molecule has 3 nitrogen and oxygen atoms in total. The van der Waals surface area contributed by atoms with E-state index in [0.29, 0.717) is 21.7 Å². The number of nitrogens with zero attached hydrogens (tertiary/aromatic N) is 2. The Hall–Kier alpha value is -1.76. The Bertz CT molecular complexity index is 550. The van der Waals surface area contributed by atoms with Crippen LogP contribution >= 0.6 is 11.3 Å². The van der Waals surface area contributed by atoms with Gasteiger partial charge in [-0.05, 0) is 12.1 Å². The van der Waals surface area contributed by atoms with E-state index >= 15 is 0 Å². The lowest BCUT2D eigenvalue weighted by Crippen LogP contribution is -2.07. The van der Waals surface area contributed by atoms with Crippen LogP contribution in [0.3, 0.4) is 0 Å². The summed E-state index contributed by atoms with van der Waals surface area (Å²) in [6, 6.07) is 2.33. The van der Waals surface area contributed by atoms with Gasteiger partial charge < -0.3 is 0 Å². The fourth-order valence-corrected chi connectivity index (χ4v) is 1.92. The highest BCUT2D eigenvalue weighted by atomic mass is 32.1. The Morgan fingerprint density at radius 1 is 1.29 bits per heavy atom. The van der Waals surface area contributed by atoms with Crippen LogP contribution in [0, 0.1) is 0 Å². The Morgan fingerprint density at radius 2 is 2.06 bits per heavy atom. The molecule has 0 saturated heterocycles. The summed E-state index contributed by atoms with van der Waals surface area (Å²) in [5.74, 6) is 0. The summed E-state index contributed by atoms with van der Waals surface area (Å²) in [4.78, 5) is 17.9. The first-order valence-electron chi connectivity index (χ1n) is 4.45. The molecule has 2 heterocycles. The summed E-state index contributed by atoms with van der Waals surface area (Å²) in [7, 11) is 0. The average Bonchev–Trinajstić information content (AvgIpc) is 2.76. The normalized spacial score (nSPS) is 11.5. The average molecular weight is 258 g/mol. The van der Waals surface area contributed by atoms with Crippen molar-refractivity contribution in [1.82, 2.24) is 9.97 Å². The van der Waals surface area contributed by atoms with Crippen molar-refractivity contribution in [3.05, 3.63) is 35.1 Å². The van der Waals surface area contributed by atoms with Gasteiger partial charge in [-0.15, -0.1) is 11.3 Å². The molecule has 0 fully saturated rings. The molecule has 88 valence electrons. The van der Waals surface area contributed by atoms with Gasteiger partial charge in [0.2, 0.25) is 0 Å².